The summed E-state index contributed by atoms with van der Waals surface area (Å²) in [6, 6.07) is 0. The van der Waals surface area contributed by atoms with Crippen LogP contribution in [0.3, 0.4) is 0 Å². The standard InChI is InChI=1S/C9H13BrO/c1-5-9(3,4)7(2)8(10)6-11/h1,6-8H,2-4H3. The molecule has 0 rings (SSSR count). The number of halogens is 1. The Morgan fingerprint density at radius 2 is 2.09 bits per heavy atom. The Morgan fingerprint density at radius 3 is 2.36 bits per heavy atom. The van der Waals surface area contributed by atoms with Gasteiger partial charge in [-0.25, -0.2) is 0 Å². The number of aldehydes is 1. The van der Waals surface area contributed by atoms with Gasteiger partial charge in [0.15, 0.2) is 0 Å². The molecule has 0 radical (unpaired) electrons. The zero-order valence-corrected chi connectivity index (χ0v) is 8.68. The predicted octanol–water partition coefficient (Wildman–Crippen LogP) is 2.24. The van der Waals surface area contributed by atoms with Gasteiger partial charge >= 0.3 is 0 Å². The Bertz CT molecular complexity index is 178. The van der Waals surface area contributed by atoms with Crippen LogP contribution in [0, 0.1) is 23.7 Å². The van der Waals surface area contributed by atoms with Crippen LogP contribution >= 0.6 is 15.9 Å². The maximum Gasteiger partial charge on any atom is 0.133 e. The third kappa shape index (κ3) is 2.67. The molecule has 0 aliphatic heterocycles. The van der Waals surface area contributed by atoms with E-state index in [1.807, 2.05) is 20.8 Å². The normalized spacial score (nSPS) is 16.6. The molecule has 1 nitrogen and oxygen atoms in total. The van der Waals surface area contributed by atoms with Crippen molar-refractivity contribution in [2.24, 2.45) is 11.3 Å². The highest BCUT2D eigenvalue weighted by Crippen LogP contribution is 2.30. The fourth-order valence-electron chi connectivity index (χ4n) is 0.647. The van der Waals surface area contributed by atoms with Crippen LogP contribution in [0.25, 0.3) is 0 Å². The Kier molecular flexibility index (Phi) is 3.82. The molecule has 0 heterocycles. The van der Waals surface area contributed by atoms with Crippen LogP contribution in [0.1, 0.15) is 20.8 Å². The summed E-state index contributed by atoms with van der Waals surface area (Å²) >= 11 is 3.26. The number of carbonyl (C=O) groups is 1. The van der Waals surface area contributed by atoms with Crippen LogP contribution in [-0.2, 0) is 4.79 Å². The maximum absolute atomic E-state index is 10.4. The van der Waals surface area contributed by atoms with Gasteiger partial charge in [0.05, 0.1) is 4.83 Å². The minimum atomic E-state index is -0.227. The van der Waals surface area contributed by atoms with Crippen LogP contribution in [0.4, 0.5) is 0 Å². The first kappa shape index (κ1) is 10.7. The van der Waals surface area contributed by atoms with Gasteiger partial charge in [-0.1, -0.05) is 22.9 Å². The van der Waals surface area contributed by atoms with Crippen molar-refractivity contribution < 1.29 is 4.79 Å². The van der Waals surface area contributed by atoms with Crippen LogP contribution < -0.4 is 0 Å². The van der Waals surface area contributed by atoms with Crippen molar-refractivity contribution in [3.05, 3.63) is 0 Å². The Balaban J connectivity index is 4.36. The highest BCUT2D eigenvalue weighted by atomic mass is 79.9. The van der Waals surface area contributed by atoms with E-state index in [0.717, 1.165) is 6.29 Å². The van der Waals surface area contributed by atoms with E-state index in [1.165, 1.54) is 0 Å². The smallest absolute Gasteiger partial charge is 0.133 e. The summed E-state index contributed by atoms with van der Waals surface area (Å²) < 4.78 is 0. The minimum Gasteiger partial charge on any atom is -0.302 e. The third-order valence-corrected chi connectivity index (χ3v) is 3.13. The van der Waals surface area contributed by atoms with E-state index in [2.05, 4.69) is 21.9 Å². The van der Waals surface area contributed by atoms with E-state index in [9.17, 15) is 4.79 Å². The monoisotopic (exact) mass is 216 g/mol. The molecule has 0 aliphatic carbocycles. The highest BCUT2D eigenvalue weighted by Gasteiger charge is 2.28. The topological polar surface area (TPSA) is 17.1 Å². The molecule has 0 N–H and O–H groups in total. The minimum absolute atomic E-state index is 0.145. The van der Waals surface area contributed by atoms with Gasteiger partial charge in [-0.05, 0) is 19.8 Å². The van der Waals surface area contributed by atoms with Gasteiger partial charge in [-0.2, -0.15) is 0 Å². The van der Waals surface area contributed by atoms with Crippen LogP contribution in [0.15, 0.2) is 0 Å². The van der Waals surface area contributed by atoms with Gasteiger partial charge in [0.25, 0.3) is 0 Å². The van der Waals surface area contributed by atoms with Crippen LogP contribution in [0.2, 0.25) is 0 Å². The molecular weight excluding hydrogens is 204 g/mol. The first-order chi connectivity index (χ1) is 4.95. The second-order valence-electron chi connectivity index (χ2n) is 3.24. The number of hydrogen-bond acceptors (Lipinski definition) is 1. The average molecular weight is 217 g/mol. The molecule has 0 aromatic rings. The molecule has 0 aromatic heterocycles. The predicted molar refractivity (Wildman–Crippen MR) is 50.6 cm³/mol. The average Bonchev–Trinajstić information content (AvgIpc) is 2.01. The first-order valence-corrected chi connectivity index (χ1v) is 4.44. The van der Waals surface area contributed by atoms with Crippen molar-refractivity contribution in [3.63, 3.8) is 0 Å². The van der Waals surface area contributed by atoms with Crippen molar-refractivity contribution in [2.75, 3.05) is 0 Å². The highest BCUT2D eigenvalue weighted by molar-refractivity contribution is 9.10. The molecule has 0 spiro atoms. The molecule has 0 saturated heterocycles. The summed E-state index contributed by atoms with van der Waals surface area (Å²) in [6.07, 6.45) is 6.19. The van der Waals surface area contributed by atoms with Crippen molar-refractivity contribution in [1.82, 2.24) is 0 Å². The quantitative estimate of drug-likeness (QED) is 0.402. The fourth-order valence-corrected chi connectivity index (χ4v) is 1.31. The Labute approximate surface area is 76.7 Å². The lowest BCUT2D eigenvalue weighted by atomic mass is 9.79. The molecule has 0 fully saturated rings. The zero-order valence-electron chi connectivity index (χ0n) is 7.10. The molecule has 2 heteroatoms. The molecule has 0 amide bonds. The van der Waals surface area contributed by atoms with E-state index in [-0.39, 0.29) is 16.2 Å². The summed E-state index contributed by atoms with van der Waals surface area (Å²) in [7, 11) is 0. The van der Waals surface area contributed by atoms with Crippen molar-refractivity contribution >= 4 is 22.2 Å². The Morgan fingerprint density at radius 1 is 1.64 bits per heavy atom. The second-order valence-corrected chi connectivity index (χ2v) is 4.29. The van der Waals surface area contributed by atoms with E-state index in [4.69, 9.17) is 6.42 Å². The number of alkyl halides is 1. The van der Waals surface area contributed by atoms with Gasteiger partial charge in [-0.15, -0.1) is 12.3 Å². The first-order valence-electron chi connectivity index (χ1n) is 3.53. The SMILES string of the molecule is C#CC(C)(C)C(C)C(Br)C=O. The van der Waals surface area contributed by atoms with Gasteiger partial charge in [0.2, 0.25) is 0 Å². The summed E-state index contributed by atoms with van der Waals surface area (Å²) in [6.45, 7) is 5.87. The maximum atomic E-state index is 10.4. The molecule has 0 saturated carbocycles. The van der Waals surface area contributed by atoms with E-state index < -0.39 is 0 Å². The third-order valence-electron chi connectivity index (χ3n) is 2.12. The molecule has 0 bridgehead atoms. The summed E-state index contributed by atoms with van der Waals surface area (Å²) in [4.78, 5) is 10.2. The number of hydrogen-bond donors (Lipinski definition) is 0. The lowest BCUT2D eigenvalue weighted by molar-refractivity contribution is -0.108. The summed E-state index contributed by atoms with van der Waals surface area (Å²) in [5, 5.41) is 0. The molecule has 0 aliphatic rings. The summed E-state index contributed by atoms with van der Waals surface area (Å²) in [5.74, 6) is 2.82. The molecule has 2 unspecified atom stereocenters. The number of terminal acetylenes is 1. The van der Waals surface area contributed by atoms with Gasteiger partial charge < -0.3 is 4.79 Å². The van der Waals surface area contributed by atoms with E-state index in [0.29, 0.717) is 0 Å². The molecule has 62 valence electrons. The van der Waals surface area contributed by atoms with E-state index >= 15 is 0 Å². The largest absolute Gasteiger partial charge is 0.302 e. The van der Waals surface area contributed by atoms with Gasteiger partial charge in [0, 0.05) is 5.41 Å². The van der Waals surface area contributed by atoms with Crippen molar-refractivity contribution in [3.8, 4) is 12.3 Å². The number of carbonyl (C=O) groups excluding carboxylic acids is 1. The summed E-state index contributed by atoms with van der Waals surface area (Å²) in [5.41, 5.74) is -0.227. The van der Waals surface area contributed by atoms with Crippen LogP contribution in [0.5, 0.6) is 0 Å². The lowest BCUT2D eigenvalue weighted by Gasteiger charge is -2.27. The van der Waals surface area contributed by atoms with Gasteiger partial charge in [0.1, 0.15) is 6.29 Å². The lowest BCUT2D eigenvalue weighted by Crippen LogP contribution is -2.28. The van der Waals surface area contributed by atoms with Gasteiger partial charge in [-0.3, -0.25) is 0 Å². The van der Waals surface area contributed by atoms with Crippen molar-refractivity contribution in [2.45, 2.75) is 25.6 Å². The Hall–Kier alpha value is -0.290. The van der Waals surface area contributed by atoms with Crippen LogP contribution in [-0.4, -0.2) is 11.1 Å². The fraction of sp³-hybridized carbons (Fsp3) is 0.667. The molecule has 2 atom stereocenters. The number of rotatable bonds is 3. The van der Waals surface area contributed by atoms with E-state index in [1.54, 1.807) is 0 Å². The zero-order chi connectivity index (χ0) is 9.07. The molecular formula is C9H13BrO. The molecule has 11 heavy (non-hydrogen) atoms. The van der Waals surface area contributed by atoms with Crippen molar-refractivity contribution in [1.29, 1.82) is 0 Å². The second kappa shape index (κ2) is 3.92. The molecule has 0 aromatic carbocycles.